The van der Waals surface area contributed by atoms with E-state index in [0.717, 1.165) is 5.56 Å². The Bertz CT molecular complexity index is 434. The normalized spacial score (nSPS) is 23.7. The van der Waals surface area contributed by atoms with Gasteiger partial charge in [-0.2, -0.15) is 0 Å². The van der Waals surface area contributed by atoms with Crippen LogP contribution < -0.4 is 5.73 Å². The number of benzene rings is 1. The molecule has 1 fully saturated rings. The Labute approximate surface area is 108 Å². The van der Waals surface area contributed by atoms with Gasteiger partial charge < -0.3 is 15.4 Å². The molecule has 1 aliphatic heterocycles. The molecule has 4 heteroatoms. The van der Waals surface area contributed by atoms with E-state index in [9.17, 15) is 4.79 Å². The lowest BCUT2D eigenvalue weighted by atomic mass is 9.96. The lowest BCUT2D eigenvalue weighted by Crippen LogP contribution is -2.35. The minimum absolute atomic E-state index is 0.0196. The lowest BCUT2D eigenvalue weighted by Gasteiger charge is -2.28. The average Bonchev–Trinajstić information content (AvgIpc) is 2.62. The van der Waals surface area contributed by atoms with Crippen LogP contribution in [0.4, 0.5) is 0 Å². The van der Waals surface area contributed by atoms with Crippen molar-refractivity contribution < 1.29 is 9.53 Å². The fourth-order valence-electron chi connectivity index (χ4n) is 2.59. The average molecular weight is 248 g/mol. The number of rotatable bonds is 4. The zero-order valence-electron chi connectivity index (χ0n) is 10.9. The topological polar surface area (TPSA) is 55.6 Å². The van der Waals surface area contributed by atoms with E-state index < -0.39 is 0 Å². The quantitative estimate of drug-likeness (QED) is 0.872. The molecular weight excluding hydrogens is 228 g/mol. The van der Waals surface area contributed by atoms with Gasteiger partial charge in [0.1, 0.15) is 0 Å². The minimum atomic E-state index is -0.129. The summed E-state index contributed by atoms with van der Waals surface area (Å²) in [7, 11) is 1.64. The summed E-state index contributed by atoms with van der Waals surface area (Å²) in [6.07, 6.45) is 0.419. The highest BCUT2D eigenvalue weighted by Gasteiger charge is 2.38. The zero-order chi connectivity index (χ0) is 13.1. The van der Waals surface area contributed by atoms with Crippen molar-refractivity contribution in [3.8, 4) is 0 Å². The predicted molar refractivity (Wildman–Crippen MR) is 70.1 cm³/mol. The Hall–Kier alpha value is -1.39. The Morgan fingerprint density at radius 2 is 2.17 bits per heavy atom. The fraction of sp³-hybridized carbons (Fsp3) is 0.500. The highest BCUT2D eigenvalue weighted by molar-refractivity contribution is 5.80. The van der Waals surface area contributed by atoms with E-state index in [1.807, 2.05) is 17.0 Å². The second-order valence-corrected chi connectivity index (χ2v) is 4.75. The van der Waals surface area contributed by atoms with Crippen molar-refractivity contribution >= 4 is 5.91 Å². The van der Waals surface area contributed by atoms with Crippen LogP contribution in [-0.4, -0.2) is 37.1 Å². The third-order valence-electron chi connectivity index (χ3n) is 3.52. The number of nitrogens with two attached hydrogens (primary N) is 1. The fourth-order valence-corrected chi connectivity index (χ4v) is 2.59. The van der Waals surface area contributed by atoms with Crippen LogP contribution in [0.15, 0.2) is 24.3 Å². The van der Waals surface area contributed by atoms with Crippen molar-refractivity contribution in [2.45, 2.75) is 25.4 Å². The van der Waals surface area contributed by atoms with Crippen molar-refractivity contribution in [2.75, 3.05) is 20.3 Å². The summed E-state index contributed by atoms with van der Waals surface area (Å²) in [4.78, 5) is 13.8. The molecule has 1 amide bonds. The van der Waals surface area contributed by atoms with E-state index in [0.29, 0.717) is 19.6 Å². The first-order valence-electron chi connectivity index (χ1n) is 6.24. The second kappa shape index (κ2) is 5.50. The SMILES string of the molecule is COCCN1C(=O)CC(N)C1c1ccccc1C. The van der Waals surface area contributed by atoms with Gasteiger partial charge in [0.2, 0.25) is 5.91 Å². The molecule has 0 bridgehead atoms. The predicted octanol–water partition coefficient (Wildman–Crippen LogP) is 1.24. The number of carbonyl (C=O) groups is 1. The summed E-state index contributed by atoms with van der Waals surface area (Å²) in [5.74, 6) is 0.118. The molecule has 1 aromatic rings. The molecule has 0 spiro atoms. The van der Waals surface area contributed by atoms with Gasteiger partial charge in [0, 0.05) is 26.1 Å². The van der Waals surface area contributed by atoms with Gasteiger partial charge in [0.25, 0.3) is 0 Å². The summed E-state index contributed by atoms with van der Waals surface area (Å²) in [5, 5.41) is 0. The molecule has 1 saturated heterocycles. The molecule has 98 valence electrons. The van der Waals surface area contributed by atoms with Crippen molar-refractivity contribution in [3.05, 3.63) is 35.4 Å². The molecular formula is C14H20N2O2. The van der Waals surface area contributed by atoms with Crippen molar-refractivity contribution in [2.24, 2.45) is 5.73 Å². The number of methoxy groups -OCH3 is 1. The van der Waals surface area contributed by atoms with Gasteiger partial charge in [0.05, 0.1) is 12.6 Å². The van der Waals surface area contributed by atoms with E-state index in [4.69, 9.17) is 10.5 Å². The number of hydrogen-bond donors (Lipinski definition) is 1. The first-order chi connectivity index (χ1) is 8.65. The number of carbonyl (C=O) groups excluding carboxylic acids is 1. The van der Waals surface area contributed by atoms with E-state index in [1.165, 1.54) is 5.56 Å². The molecule has 1 aliphatic rings. The van der Waals surface area contributed by atoms with Crippen molar-refractivity contribution in [3.63, 3.8) is 0 Å². The Balaban J connectivity index is 2.28. The molecule has 18 heavy (non-hydrogen) atoms. The molecule has 0 saturated carbocycles. The molecule has 1 aromatic carbocycles. The highest BCUT2D eigenvalue weighted by atomic mass is 16.5. The number of nitrogens with zero attached hydrogens (tertiary/aromatic N) is 1. The van der Waals surface area contributed by atoms with Crippen molar-refractivity contribution in [1.29, 1.82) is 0 Å². The number of likely N-dealkylation sites (tertiary alicyclic amines) is 1. The van der Waals surface area contributed by atoms with E-state index in [-0.39, 0.29) is 18.0 Å². The van der Waals surface area contributed by atoms with Crippen LogP contribution in [0.5, 0.6) is 0 Å². The number of hydrogen-bond acceptors (Lipinski definition) is 3. The van der Waals surface area contributed by atoms with Gasteiger partial charge >= 0.3 is 0 Å². The third-order valence-corrected chi connectivity index (χ3v) is 3.52. The Kier molecular flexibility index (Phi) is 3.99. The van der Waals surface area contributed by atoms with E-state index in [1.54, 1.807) is 7.11 Å². The zero-order valence-corrected chi connectivity index (χ0v) is 10.9. The van der Waals surface area contributed by atoms with Crippen LogP contribution in [0.3, 0.4) is 0 Å². The summed E-state index contributed by atoms with van der Waals surface area (Å²) < 4.78 is 5.07. The standard InChI is InChI=1S/C14H20N2O2/c1-10-5-3-4-6-11(10)14-12(15)9-13(17)16(14)7-8-18-2/h3-6,12,14H,7-9,15H2,1-2H3. The highest BCUT2D eigenvalue weighted by Crippen LogP contribution is 2.33. The Morgan fingerprint density at radius 3 is 2.83 bits per heavy atom. The smallest absolute Gasteiger partial charge is 0.224 e. The molecule has 0 aromatic heterocycles. The maximum Gasteiger partial charge on any atom is 0.224 e. The van der Waals surface area contributed by atoms with Crippen molar-refractivity contribution in [1.82, 2.24) is 4.90 Å². The molecule has 2 N–H and O–H groups in total. The summed E-state index contributed by atoms with van der Waals surface area (Å²) >= 11 is 0. The van der Waals surface area contributed by atoms with Gasteiger partial charge in [-0.05, 0) is 18.1 Å². The summed E-state index contributed by atoms with van der Waals surface area (Å²) in [6, 6.07) is 7.95. The number of ether oxygens (including phenoxy) is 1. The van der Waals surface area contributed by atoms with Crippen LogP contribution in [0.2, 0.25) is 0 Å². The Morgan fingerprint density at radius 1 is 1.44 bits per heavy atom. The number of amides is 1. The van der Waals surface area contributed by atoms with Gasteiger partial charge in [-0.3, -0.25) is 4.79 Å². The van der Waals surface area contributed by atoms with Gasteiger partial charge in [-0.15, -0.1) is 0 Å². The van der Waals surface area contributed by atoms with Crippen LogP contribution >= 0.6 is 0 Å². The molecule has 0 radical (unpaired) electrons. The molecule has 2 atom stereocenters. The summed E-state index contributed by atoms with van der Waals surface area (Å²) in [5.41, 5.74) is 8.45. The molecule has 2 unspecified atom stereocenters. The van der Waals surface area contributed by atoms with E-state index >= 15 is 0 Å². The maximum atomic E-state index is 12.0. The van der Waals surface area contributed by atoms with Gasteiger partial charge in [-0.1, -0.05) is 24.3 Å². The molecule has 4 nitrogen and oxygen atoms in total. The molecule has 1 heterocycles. The van der Waals surface area contributed by atoms with Crippen LogP contribution in [0.25, 0.3) is 0 Å². The third kappa shape index (κ3) is 2.40. The van der Waals surface area contributed by atoms with Gasteiger partial charge in [-0.25, -0.2) is 0 Å². The second-order valence-electron chi connectivity index (χ2n) is 4.75. The maximum absolute atomic E-state index is 12.0. The molecule has 0 aliphatic carbocycles. The first-order valence-corrected chi connectivity index (χ1v) is 6.24. The number of aryl methyl sites for hydroxylation is 1. The summed E-state index contributed by atoms with van der Waals surface area (Å²) in [6.45, 7) is 3.20. The lowest BCUT2D eigenvalue weighted by molar-refractivity contribution is -0.129. The largest absolute Gasteiger partial charge is 0.383 e. The molecule has 2 rings (SSSR count). The first kappa shape index (κ1) is 13.1. The van der Waals surface area contributed by atoms with Crippen LogP contribution in [0.1, 0.15) is 23.6 Å². The monoisotopic (exact) mass is 248 g/mol. The van der Waals surface area contributed by atoms with Crippen LogP contribution in [0, 0.1) is 6.92 Å². The van der Waals surface area contributed by atoms with Gasteiger partial charge in [0.15, 0.2) is 0 Å². The minimum Gasteiger partial charge on any atom is -0.383 e. The van der Waals surface area contributed by atoms with Crippen LogP contribution in [-0.2, 0) is 9.53 Å². The van der Waals surface area contributed by atoms with E-state index in [2.05, 4.69) is 19.1 Å².